The van der Waals surface area contributed by atoms with E-state index in [0.717, 1.165) is 5.75 Å². The van der Waals surface area contributed by atoms with Crippen molar-refractivity contribution in [2.45, 2.75) is 12.8 Å². The number of methoxy groups -OCH3 is 1. The monoisotopic (exact) mass is 296 g/mol. The van der Waals surface area contributed by atoms with Gasteiger partial charge in [0.1, 0.15) is 5.75 Å². The van der Waals surface area contributed by atoms with Crippen LogP contribution in [0.25, 0.3) is 0 Å². The SMILES string of the molecule is COc1ccccc1C(C)c1ccc(Br)s1. The van der Waals surface area contributed by atoms with Crippen molar-refractivity contribution < 1.29 is 4.74 Å². The minimum atomic E-state index is 0.368. The van der Waals surface area contributed by atoms with Gasteiger partial charge in [0.15, 0.2) is 0 Å². The summed E-state index contributed by atoms with van der Waals surface area (Å²) >= 11 is 5.27. The van der Waals surface area contributed by atoms with E-state index in [2.05, 4.69) is 47.1 Å². The Labute approximate surface area is 108 Å². The van der Waals surface area contributed by atoms with Crippen LogP contribution in [0, 0.1) is 0 Å². The number of benzene rings is 1. The highest BCUT2D eigenvalue weighted by Crippen LogP contribution is 2.36. The summed E-state index contributed by atoms with van der Waals surface area (Å²) in [4.78, 5) is 1.34. The third kappa shape index (κ3) is 2.30. The quantitative estimate of drug-likeness (QED) is 0.800. The van der Waals surface area contributed by atoms with Crippen molar-refractivity contribution in [1.29, 1.82) is 0 Å². The van der Waals surface area contributed by atoms with Crippen molar-refractivity contribution >= 4 is 27.3 Å². The maximum absolute atomic E-state index is 5.39. The molecule has 0 bridgehead atoms. The molecule has 2 rings (SSSR count). The molecule has 1 aromatic carbocycles. The van der Waals surface area contributed by atoms with Gasteiger partial charge in [-0.25, -0.2) is 0 Å². The Hall–Kier alpha value is -0.800. The highest BCUT2D eigenvalue weighted by Gasteiger charge is 2.14. The maximum Gasteiger partial charge on any atom is 0.122 e. The molecule has 1 aromatic heterocycles. The predicted molar refractivity (Wildman–Crippen MR) is 72.5 cm³/mol. The third-order valence-corrected chi connectivity index (χ3v) is 4.43. The van der Waals surface area contributed by atoms with Crippen molar-refractivity contribution in [1.82, 2.24) is 0 Å². The number of thiophene rings is 1. The molecule has 0 radical (unpaired) electrons. The van der Waals surface area contributed by atoms with Gasteiger partial charge in [-0.2, -0.15) is 0 Å². The maximum atomic E-state index is 5.39. The normalized spacial score (nSPS) is 12.4. The number of hydrogen-bond donors (Lipinski definition) is 0. The van der Waals surface area contributed by atoms with Crippen LogP contribution in [-0.2, 0) is 0 Å². The summed E-state index contributed by atoms with van der Waals surface area (Å²) in [5, 5.41) is 0. The summed E-state index contributed by atoms with van der Waals surface area (Å²) < 4.78 is 6.56. The van der Waals surface area contributed by atoms with Crippen molar-refractivity contribution in [3.8, 4) is 5.75 Å². The van der Waals surface area contributed by atoms with E-state index in [0.29, 0.717) is 5.92 Å². The van der Waals surface area contributed by atoms with Gasteiger partial charge < -0.3 is 4.74 Å². The van der Waals surface area contributed by atoms with E-state index in [1.807, 2.05) is 12.1 Å². The molecule has 0 spiro atoms. The lowest BCUT2D eigenvalue weighted by atomic mass is 9.99. The highest BCUT2D eigenvalue weighted by molar-refractivity contribution is 9.11. The zero-order chi connectivity index (χ0) is 11.5. The number of ether oxygens (including phenoxy) is 1. The van der Waals surface area contributed by atoms with Crippen molar-refractivity contribution in [3.63, 3.8) is 0 Å². The molecule has 0 fully saturated rings. The molecular formula is C13H13BrOS. The molecule has 84 valence electrons. The average molecular weight is 297 g/mol. The Morgan fingerprint density at radius 1 is 1.19 bits per heavy atom. The Balaban J connectivity index is 2.36. The fraction of sp³-hybridized carbons (Fsp3) is 0.231. The molecule has 0 amide bonds. The molecule has 1 unspecified atom stereocenters. The topological polar surface area (TPSA) is 9.23 Å². The van der Waals surface area contributed by atoms with Gasteiger partial charge >= 0.3 is 0 Å². The molecule has 0 saturated carbocycles. The van der Waals surface area contributed by atoms with Gasteiger partial charge in [-0.1, -0.05) is 25.1 Å². The molecule has 16 heavy (non-hydrogen) atoms. The summed E-state index contributed by atoms with van der Waals surface area (Å²) in [6, 6.07) is 12.4. The van der Waals surface area contributed by atoms with E-state index in [1.165, 1.54) is 14.2 Å². The number of para-hydroxylation sites is 1. The lowest BCUT2D eigenvalue weighted by Gasteiger charge is -2.13. The number of hydrogen-bond acceptors (Lipinski definition) is 2. The first-order valence-electron chi connectivity index (χ1n) is 5.10. The van der Waals surface area contributed by atoms with Gasteiger partial charge in [0, 0.05) is 16.4 Å². The van der Waals surface area contributed by atoms with Gasteiger partial charge in [-0.3, -0.25) is 0 Å². The van der Waals surface area contributed by atoms with Crippen LogP contribution < -0.4 is 4.74 Å². The largest absolute Gasteiger partial charge is 0.496 e. The second kappa shape index (κ2) is 5.02. The van der Waals surface area contributed by atoms with Crippen LogP contribution in [0.3, 0.4) is 0 Å². The van der Waals surface area contributed by atoms with E-state index in [4.69, 9.17) is 4.74 Å². The fourth-order valence-electron chi connectivity index (χ4n) is 1.74. The molecule has 2 aromatic rings. The second-order valence-corrected chi connectivity index (χ2v) is 6.10. The van der Waals surface area contributed by atoms with Crippen LogP contribution >= 0.6 is 27.3 Å². The minimum Gasteiger partial charge on any atom is -0.496 e. The molecule has 0 N–H and O–H groups in total. The Morgan fingerprint density at radius 2 is 1.94 bits per heavy atom. The molecule has 3 heteroatoms. The minimum absolute atomic E-state index is 0.368. The van der Waals surface area contributed by atoms with Crippen LogP contribution in [0.4, 0.5) is 0 Å². The predicted octanol–water partition coefficient (Wildman–Crippen LogP) is 4.67. The number of rotatable bonds is 3. The van der Waals surface area contributed by atoms with E-state index >= 15 is 0 Å². The Morgan fingerprint density at radius 3 is 2.56 bits per heavy atom. The van der Waals surface area contributed by atoms with E-state index in [9.17, 15) is 0 Å². The van der Waals surface area contributed by atoms with Crippen LogP contribution in [0.15, 0.2) is 40.2 Å². The molecule has 0 aliphatic rings. The first kappa shape index (κ1) is 11.7. The zero-order valence-corrected chi connectivity index (χ0v) is 11.6. The van der Waals surface area contributed by atoms with Gasteiger partial charge in [-0.05, 0) is 34.1 Å². The summed E-state index contributed by atoms with van der Waals surface area (Å²) in [5.41, 5.74) is 1.24. The van der Waals surface area contributed by atoms with Crippen molar-refractivity contribution in [2.75, 3.05) is 7.11 Å². The fourth-order valence-corrected chi connectivity index (χ4v) is 3.23. The summed E-state index contributed by atoms with van der Waals surface area (Å²) in [5.74, 6) is 1.33. The Kier molecular flexibility index (Phi) is 3.66. The van der Waals surface area contributed by atoms with E-state index in [1.54, 1.807) is 18.4 Å². The lowest BCUT2D eigenvalue weighted by molar-refractivity contribution is 0.408. The smallest absolute Gasteiger partial charge is 0.122 e. The molecule has 1 heterocycles. The molecule has 1 nitrogen and oxygen atoms in total. The zero-order valence-electron chi connectivity index (χ0n) is 9.24. The molecule has 1 atom stereocenters. The molecule has 0 aliphatic carbocycles. The van der Waals surface area contributed by atoms with Gasteiger partial charge in [0.05, 0.1) is 10.9 Å². The van der Waals surface area contributed by atoms with Crippen LogP contribution in [-0.4, -0.2) is 7.11 Å². The average Bonchev–Trinajstić information content (AvgIpc) is 2.75. The van der Waals surface area contributed by atoms with Crippen LogP contribution in [0.5, 0.6) is 5.75 Å². The first-order chi connectivity index (χ1) is 7.72. The summed E-state index contributed by atoms with van der Waals surface area (Å²) in [7, 11) is 1.72. The second-order valence-electron chi connectivity index (χ2n) is 3.61. The molecule has 0 aliphatic heterocycles. The Bertz CT molecular complexity index is 478. The van der Waals surface area contributed by atoms with Crippen molar-refractivity contribution in [3.05, 3.63) is 50.6 Å². The van der Waals surface area contributed by atoms with Gasteiger partial charge in [0.25, 0.3) is 0 Å². The number of halogens is 1. The van der Waals surface area contributed by atoms with E-state index in [-0.39, 0.29) is 0 Å². The van der Waals surface area contributed by atoms with E-state index < -0.39 is 0 Å². The highest BCUT2D eigenvalue weighted by atomic mass is 79.9. The standard InChI is InChI=1S/C13H13BrOS/c1-9(12-7-8-13(14)16-12)10-5-3-4-6-11(10)15-2/h3-9H,1-2H3. The van der Waals surface area contributed by atoms with Crippen molar-refractivity contribution in [2.24, 2.45) is 0 Å². The molecular weight excluding hydrogens is 284 g/mol. The lowest BCUT2D eigenvalue weighted by Crippen LogP contribution is -1.97. The first-order valence-corrected chi connectivity index (χ1v) is 6.71. The van der Waals surface area contributed by atoms with Crippen LogP contribution in [0.2, 0.25) is 0 Å². The van der Waals surface area contributed by atoms with Crippen LogP contribution in [0.1, 0.15) is 23.3 Å². The van der Waals surface area contributed by atoms with Gasteiger partial charge in [-0.15, -0.1) is 11.3 Å². The van der Waals surface area contributed by atoms with Gasteiger partial charge in [0.2, 0.25) is 0 Å². The summed E-state index contributed by atoms with van der Waals surface area (Å²) in [6.07, 6.45) is 0. The molecule has 0 saturated heterocycles. The summed E-state index contributed by atoms with van der Waals surface area (Å²) in [6.45, 7) is 2.20. The third-order valence-electron chi connectivity index (χ3n) is 2.63.